The number of aromatic amines is 1. The van der Waals surface area contributed by atoms with Crippen molar-refractivity contribution >= 4 is 11.6 Å². The summed E-state index contributed by atoms with van der Waals surface area (Å²) in [6, 6.07) is 0. The van der Waals surface area contributed by atoms with Crippen LogP contribution in [0.5, 0.6) is 0 Å². The molecule has 1 rings (SSSR count). The topological polar surface area (TPSA) is 40.7 Å². The van der Waals surface area contributed by atoms with Gasteiger partial charge in [-0.3, -0.25) is 0 Å². The number of aryl methyl sites for hydroxylation is 1. The Morgan fingerprint density at radius 2 is 1.89 bits per heavy atom. The fourth-order valence-electron chi connectivity index (χ4n) is 1.91. The predicted octanol–water partition coefficient (Wildman–Crippen LogP) is 4.08. The molecule has 4 heteroatoms. The van der Waals surface area contributed by atoms with E-state index in [2.05, 4.69) is 29.1 Å². The first-order chi connectivity index (χ1) is 8.77. The first kappa shape index (κ1) is 15.5. The van der Waals surface area contributed by atoms with Crippen LogP contribution in [0.4, 0.5) is 0 Å². The minimum absolute atomic E-state index is 0.627. The Morgan fingerprint density at radius 1 is 1.11 bits per heavy atom. The second kappa shape index (κ2) is 9.40. The molecule has 0 bridgehead atoms. The summed E-state index contributed by atoms with van der Waals surface area (Å²) >= 11 is 6.10. The summed E-state index contributed by atoms with van der Waals surface area (Å²) in [4.78, 5) is 7.66. The summed E-state index contributed by atoms with van der Waals surface area (Å²) in [5, 5.41) is 4.04. The van der Waals surface area contributed by atoms with E-state index in [9.17, 15) is 0 Å². The smallest absolute Gasteiger partial charge is 0.151 e. The second-order valence-corrected chi connectivity index (χ2v) is 5.15. The Hall–Kier alpha value is -0.540. The fraction of sp³-hybridized carbons (Fsp3) is 0.786. The summed E-state index contributed by atoms with van der Waals surface area (Å²) in [5.74, 6) is 1.02. The van der Waals surface area contributed by atoms with Gasteiger partial charge in [0.25, 0.3) is 0 Å². The molecule has 0 unspecified atom stereocenters. The van der Waals surface area contributed by atoms with Crippen molar-refractivity contribution < 1.29 is 0 Å². The van der Waals surface area contributed by atoms with Crippen LogP contribution in [0, 0.1) is 0 Å². The molecular formula is C14H26ClN3. The minimum Gasteiger partial charge on any atom is -0.344 e. The SMILES string of the molecule is CCCCCCNCc1[nH]c(CCCC)nc1Cl. The number of nitrogens with one attached hydrogen (secondary N) is 2. The molecule has 1 aromatic heterocycles. The van der Waals surface area contributed by atoms with Crippen LogP contribution < -0.4 is 5.32 Å². The van der Waals surface area contributed by atoms with E-state index in [1.165, 1.54) is 32.1 Å². The number of unbranched alkanes of at least 4 members (excludes halogenated alkanes) is 4. The second-order valence-electron chi connectivity index (χ2n) is 4.79. The van der Waals surface area contributed by atoms with E-state index in [0.29, 0.717) is 5.15 Å². The maximum atomic E-state index is 6.10. The number of aromatic nitrogens is 2. The maximum absolute atomic E-state index is 6.10. The van der Waals surface area contributed by atoms with Gasteiger partial charge in [-0.05, 0) is 19.4 Å². The molecule has 2 N–H and O–H groups in total. The highest BCUT2D eigenvalue weighted by Crippen LogP contribution is 2.13. The van der Waals surface area contributed by atoms with E-state index in [0.717, 1.165) is 37.4 Å². The van der Waals surface area contributed by atoms with Crippen LogP contribution in [0.2, 0.25) is 5.15 Å². The Morgan fingerprint density at radius 3 is 2.61 bits per heavy atom. The number of imidazole rings is 1. The van der Waals surface area contributed by atoms with E-state index in [-0.39, 0.29) is 0 Å². The van der Waals surface area contributed by atoms with Gasteiger partial charge in [0, 0.05) is 13.0 Å². The largest absolute Gasteiger partial charge is 0.344 e. The molecule has 0 aliphatic carbocycles. The molecule has 1 aromatic rings. The van der Waals surface area contributed by atoms with Crippen LogP contribution in [0.1, 0.15) is 63.9 Å². The molecule has 3 nitrogen and oxygen atoms in total. The van der Waals surface area contributed by atoms with E-state index in [1.807, 2.05) is 0 Å². The van der Waals surface area contributed by atoms with Crippen molar-refractivity contribution in [2.75, 3.05) is 6.54 Å². The van der Waals surface area contributed by atoms with Crippen LogP contribution >= 0.6 is 11.6 Å². The summed E-state index contributed by atoms with van der Waals surface area (Å²) in [7, 11) is 0. The molecule has 0 spiro atoms. The molecule has 1 heterocycles. The summed E-state index contributed by atoms with van der Waals surface area (Å²) in [6.07, 6.45) is 8.49. The van der Waals surface area contributed by atoms with E-state index >= 15 is 0 Å². The van der Waals surface area contributed by atoms with Crippen LogP contribution in [0.15, 0.2) is 0 Å². The lowest BCUT2D eigenvalue weighted by molar-refractivity contribution is 0.594. The van der Waals surface area contributed by atoms with Crippen LogP contribution in [-0.2, 0) is 13.0 Å². The molecule has 0 atom stereocenters. The van der Waals surface area contributed by atoms with Gasteiger partial charge in [-0.15, -0.1) is 0 Å². The lowest BCUT2D eigenvalue weighted by Gasteiger charge is -2.03. The average molecular weight is 272 g/mol. The highest BCUT2D eigenvalue weighted by molar-refractivity contribution is 6.30. The molecule has 0 fully saturated rings. The molecule has 0 radical (unpaired) electrons. The van der Waals surface area contributed by atoms with Crippen LogP contribution in [-0.4, -0.2) is 16.5 Å². The standard InChI is InChI=1S/C14H26ClN3/c1-3-5-7-8-10-16-11-12-14(15)18-13(17-12)9-6-4-2/h16H,3-11H2,1-2H3,(H,17,18). The molecule has 0 saturated heterocycles. The average Bonchev–Trinajstić information content (AvgIpc) is 2.72. The summed E-state index contributed by atoms with van der Waals surface area (Å²) in [6.45, 7) is 6.27. The molecule has 18 heavy (non-hydrogen) atoms. The molecule has 0 aromatic carbocycles. The number of halogens is 1. The van der Waals surface area contributed by atoms with Gasteiger partial charge in [-0.1, -0.05) is 51.1 Å². The Balaban J connectivity index is 2.22. The van der Waals surface area contributed by atoms with Crippen molar-refractivity contribution in [3.8, 4) is 0 Å². The third kappa shape index (κ3) is 5.87. The summed E-state index contributed by atoms with van der Waals surface area (Å²) < 4.78 is 0. The molecular weight excluding hydrogens is 246 g/mol. The zero-order valence-corrected chi connectivity index (χ0v) is 12.4. The van der Waals surface area contributed by atoms with Crippen molar-refractivity contribution in [1.82, 2.24) is 15.3 Å². The Kier molecular flexibility index (Phi) is 8.10. The van der Waals surface area contributed by atoms with Gasteiger partial charge in [0.15, 0.2) is 5.15 Å². The first-order valence-corrected chi connectivity index (χ1v) is 7.59. The van der Waals surface area contributed by atoms with E-state index < -0.39 is 0 Å². The van der Waals surface area contributed by atoms with Crippen molar-refractivity contribution in [2.24, 2.45) is 0 Å². The van der Waals surface area contributed by atoms with E-state index in [1.54, 1.807) is 0 Å². The number of H-pyrrole nitrogens is 1. The maximum Gasteiger partial charge on any atom is 0.151 e. The zero-order chi connectivity index (χ0) is 13.2. The van der Waals surface area contributed by atoms with Gasteiger partial charge in [0.2, 0.25) is 0 Å². The molecule has 0 amide bonds. The number of nitrogens with zero attached hydrogens (tertiary/aromatic N) is 1. The highest BCUT2D eigenvalue weighted by atomic mass is 35.5. The number of hydrogen-bond donors (Lipinski definition) is 2. The third-order valence-corrected chi connectivity index (χ3v) is 3.37. The zero-order valence-electron chi connectivity index (χ0n) is 11.7. The Bertz CT molecular complexity index is 323. The number of rotatable bonds is 10. The van der Waals surface area contributed by atoms with Crippen LogP contribution in [0.25, 0.3) is 0 Å². The lowest BCUT2D eigenvalue weighted by Crippen LogP contribution is -2.15. The van der Waals surface area contributed by atoms with Gasteiger partial charge in [0.05, 0.1) is 5.69 Å². The van der Waals surface area contributed by atoms with Gasteiger partial charge in [-0.25, -0.2) is 4.98 Å². The van der Waals surface area contributed by atoms with Gasteiger partial charge < -0.3 is 10.3 Å². The van der Waals surface area contributed by atoms with E-state index in [4.69, 9.17) is 11.6 Å². The third-order valence-electron chi connectivity index (χ3n) is 3.05. The lowest BCUT2D eigenvalue weighted by atomic mass is 10.2. The van der Waals surface area contributed by atoms with Gasteiger partial charge >= 0.3 is 0 Å². The highest BCUT2D eigenvalue weighted by Gasteiger charge is 2.07. The molecule has 0 aliphatic rings. The minimum atomic E-state index is 0.627. The normalized spacial score (nSPS) is 11.1. The quantitative estimate of drug-likeness (QED) is 0.630. The first-order valence-electron chi connectivity index (χ1n) is 7.21. The Labute approximate surface area is 116 Å². The number of hydrogen-bond acceptors (Lipinski definition) is 2. The molecule has 0 aliphatic heterocycles. The monoisotopic (exact) mass is 271 g/mol. The summed E-state index contributed by atoms with van der Waals surface area (Å²) in [5.41, 5.74) is 1.03. The van der Waals surface area contributed by atoms with Crippen LogP contribution in [0.3, 0.4) is 0 Å². The fourth-order valence-corrected chi connectivity index (χ4v) is 2.13. The van der Waals surface area contributed by atoms with Crippen molar-refractivity contribution in [2.45, 2.75) is 65.3 Å². The van der Waals surface area contributed by atoms with Crippen molar-refractivity contribution in [1.29, 1.82) is 0 Å². The van der Waals surface area contributed by atoms with Gasteiger partial charge in [0.1, 0.15) is 5.82 Å². The van der Waals surface area contributed by atoms with Gasteiger partial charge in [-0.2, -0.15) is 0 Å². The molecule has 0 saturated carbocycles. The molecule has 104 valence electrons. The van der Waals surface area contributed by atoms with Crippen molar-refractivity contribution in [3.63, 3.8) is 0 Å². The van der Waals surface area contributed by atoms with Crippen molar-refractivity contribution in [3.05, 3.63) is 16.7 Å². The predicted molar refractivity (Wildman–Crippen MR) is 78.1 cm³/mol.